The molecule has 1 aliphatic rings. The highest BCUT2D eigenvalue weighted by atomic mass is 16.5. The summed E-state index contributed by atoms with van der Waals surface area (Å²) in [6, 6.07) is 11.8. The lowest BCUT2D eigenvalue weighted by Gasteiger charge is -2.10. The van der Waals surface area contributed by atoms with Crippen LogP contribution in [0.25, 0.3) is 17.0 Å². The Morgan fingerprint density at radius 1 is 1.07 bits per heavy atom. The molecule has 6 nitrogen and oxygen atoms in total. The Hall–Kier alpha value is -3.54. The van der Waals surface area contributed by atoms with Crippen LogP contribution in [-0.2, 0) is 11.3 Å². The quantitative estimate of drug-likeness (QED) is 0.542. The zero-order valence-corrected chi connectivity index (χ0v) is 16.0. The lowest BCUT2D eigenvalue weighted by molar-refractivity contribution is -0.115. The van der Waals surface area contributed by atoms with E-state index in [1.165, 1.54) is 16.7 Å². The second kappa shape index (κ2) is 6.88. The summed E-state index contributed by atoms with van der Waals surface area (Å²) >= 11 is 0. The van der Waals surface area contributed by atoms with Crippen molar-refractivity contribution in [2.75, 3.05) is 7.11 Å². The van der Waals surface area contributed by atoms with E-state index in [4.69, 9.17) is 4.74 Å². The van der Waals surface area contributed by atoms with E-state index in [2.05, 4.69) is 47.2 Å². The highest BCUT2D eigenvalue weighted by Crippen LogP contribution is 2.29. The van der Waals surface area contributed by atoms with Crippen molar-refractivity contribution in [3.05, 3.63) is 70.5 Å². The van der Waals surface area contributed by atoms with Gasteiger partial charge in [0.25, 0.3) is 5.91 Å². The highest BCUT2D eigenvalue weighted by molar-refractivity contribution is 6.14. The molecule has 0 atom stereocenters. The van der Waals surface area contributed by atoms with Crippen LogP contribution in [0, 0.1) is 13.8 Å². The third-order valence-corrected chi connectivity index (χ3v) is 4.98. The molecular weight excluding hydrogens is 354 g/mol. The molecule has 1 fully saturated rings. The Morgan fingerprint density at radius 2 is 1.89 bits per heavy atom. The molecule has 6 heteroatoms. The Labute approximate surface area is 162 Å². The molecule has 28 heavy (non-hydrogen) atoms. The van der Waals surface area contributed by atoms with Gasteiger partial charge in [0.2, 0.25) is 0 Å². The van der Waals surface area contributed by atoms with Gasteiger partial charge in [-0.25, -0.2) is 4.79 Å². The molecule has 1 aromatic heterocycles. The van der Waals surface area contributed by atoms with E-state index < -0.39 is 11.9 Å². The summed E-state index contributed by atoms with van der Waals surface area (Å²) in [6.07, 6.45) is 3.69. The first-order valence-electron chi connectivity index (χ1n) is 9.01. The molecule has 3 amide bonds. The maximum Gasteiger partial charge on any atom is 0.326 e. The molecule has 3 aromatic rings. The Morgan fingerprint density at radius 3 is 2.57 bits per heavy atom. The fraction of sp³-hybridized carbons (Fsp3) is 0.182. The van der Waals surface area contributed by atoms with E-state index in [1.54, 1.807) is 13.2 Å². The van der Waals surface area contributed by atoms with E-state index in [-0.39, 0.29) is 5.70 Å². The van der Waals surface area contributed by atoms with Gasteiger partial charge < -0.3 is 14.6 Å². The maximum atomic E-state index is 11.9. The Kier molecular flexibility index (Phi) is 4.39. The van der Waals surface area contributed by atoms with Gasteiger partial charge in [-0.2, -0.15) is 0 Å². The molecule has 2 aromatic carbocycles. The summed E-state index contributed by atoms with van der Waals surface area (Å²) < 4.78 is 7.51. The number of imide groups is 1. The number of aryl methyl sites for hydroxylation is 2. The number of amides is 3. The molecule has 4 rings (SSSR count). The lowest BCUT2D eigenvalue weighted by atomic mass is 10.1. The van der Waals surface area contributed by atoms with Crippen molar-refractivity contribution in [2.45, 2.75) is 20.4 Å². The normalized spacial score (nSPS) is 15.2. The highest BCUT2D eigenvalue weighted by Gasteiger charge is 2.23. The fourth-order valence-electron chi connectivity index (χ4n) is 3.52. The molecular formula is C22H21N3O3. The van der Waals surface area contributed by atoms with Gasteiger partial charge in [0.15, 0.2) is 0 Å². The number of nitrogens with one attached hydrogen (secondary N) is 2. The SMILES string of the molecule is COc1ccc2c(c1)c(/C=C1\NC(=O)NC1=O)cn2Cc1ccc(C)cc1C. The number of carbonyl (C=O) groups excluding carboxylic acids is 2. The number of benzene rings is 2. The summed E-state index contributed by atoms with van der Waals surface area (Å²) in [7, 11) is 1.62. The van der Waals surface area contributed by atoms with Crippen LogP contribution in [0.15, 0.2) is 48.3 Å². The number of urea groups is 1. The predicted molar refractivity (Wildman–Crippen MR) is 108 cm³/mol. The number of hydrogen-bond acceptors (Lipinski definition) is 3. The van der Waals surface area contributed by atoms with Gasteiger partial charge in [0, 0.05) is 29.2 Å². The number of nitrogens with zero attached hydrogens (tertiary/aromatic N) is 1. The van der Waals surface area contributed by atoms with E-state index in [9.17, 15) is 9.59 Å². The standard InChI is InChI=1S/C22H21N3O3/c1-13-4-5-15(14(2)8-13)11-25-12-16(9-19-21(26)24-22(27)23-19)18-10-17(28-3)6-7-20(18)25/h4-10,12H,11H2,1-3H3,(H2,23,24,26,27)/b19-9-. The molecule has 1 saturated heterocycles. The van der Waals surface area contributed by atoms with Crippen molar-refractivity contribution in [2.24, 2.45) is 0 Å². The monoisotopic (exact) mass is 375 g/mol. The zero-order valence-electron chi connectivity index (χ0n) is 16.0. The van der Waals surface area contributed by atoms with E-state index in [0.29, 0.717) is 6.54 Å². The first kappa shape index (κ1) is 17.9. The zero-order chi connectivity index (χ0) is 19.8. The second-order valence-corrected chi connectivity index (χ2v) is 6.99. The molecule has 0 bridgehead atoms. The fourth-order valence-corrected chi connectivity index (χ4v) is 3.52. The summed E-state index contributed by atoms with van der Waals surface area (Å²) in [4.78, 5) is 23.3. The van der Waals surface area contributed by atoms with Gasteiger partial charge in [-0.1, -0.05) is 23.8 Å². The van der Waals surface area contributed by atoms with Crippen LogP contribution < -0.4 is 15.4 Å². The topological polar surface area (TPSA) is 72.4 Å². The average Bonchev–Trinajstić information content (AvgIpc) is 3.16. The van der Waals surface area contributed by atoms with Crippen molar-refractivity contribution in [1.29, 1.82) is 0 Å². The van der Waals surface area contributed by atoms with Gasteiger partial charge >= 0.3 is 6.03 Å². The lowest BCUT2D eigenvalue weighted by Crippen LogP contribution is -2.22. The van der Waals surface area contributed by atoms with Crippen LogP contribution in [0.5, 0.6) is 5.75 Å². The van der Waals surface area contributed by atoms with Crippen molar-refractivity contribution < 1.29 is 14.3 Å². The Bertz CT molecular complexity index is 1140. The number of carbonyl (C=O) groups is 2. The van der Waals surface area contributed by atoms with Gasteiger partial charge in [0.1, 0.15) is 11.4 Å². The van der Waals surface area contributed by atoms with Gasteiger partial charge in [-0.3, -0.25) is 10.1 Å². The number of methoxy groups -OCH3 is 1. The van der Waals surface area contributed by atoms with Crippen LogP contribution >= 0.6 is 0 Å². The van der Waals surface area contributed by atoms with Crippen LogP contribution in [0.1, 0.15) is 22.3 Å². The number of fused-ring (bicyclic) bond motifs is 1. The number of rotatable bonds is 4. The van der Waals surface area contributed by atoms with Crippen LogP contribution in [-0.4, -0.2) is 23.6 Å². The molecule has 0 spiro atoms. The van der Waals surface area contributed by atoms with Gasteiger partial charge in [-0.05, 0) is 49.2 Å². The minimum Gasteiger partial charge on any atom is -0.497 e. The molecule has 2 N–H and O–H groups in total. The maximum absolute atomic E-state index is 11.9. The Balaban J connectivity index is 1.82. The van der Waals surface area contributed by atoms with Crippen LogP contribution in [0.2, 0.25) is 0 Å². The number of hydrogen-bond donors (Lipinski definition) is 2. The smallest absolute Gasteiger partial charge is 0.326 e. The van der Waals surface area contributed by atoms with Crippen LogP contribution in [0.4, 0.5) is 4.79 Å². The first-order valence-corrected chi connectivity index (χ1v) is 9.01. The molecule has 0 radical (unpaired) electrons. The largest absolute Gasteiger partial charge is 0.497 e. The van der Waals surface area contributed by atoms with Crippen molar-refractivity contribution in [3.8, 4) is 5.75 Å². The number of aromatic nitrogens is 1. The molecule has 1 aliphatic heterocycles. The molecule has 0 saturated carbocycles. The first-order chi connectivity index (χ1) is 13.4. The van der Waals surface area contributed by atoms with E-state index >= 15 is 0 Å². The van der Waals surface area contributed by atoms with Gasteiger partial charge in [-0.15, -0.1) is 0 Å². The second-order valence-electron chi connectivity index (χ2n) is 6.99. The average molecular weight is 375 g/mol. The number of ether oxygens (including phenoxy) is 1. The van der Waals surface area contributed by atoms with Crippen molar-refractivity contribution in [3.63, 3.8) is 0 Å². The predicted octanol–water partition coefficient (Wildman–Crippen LogP) is 3.50. The van der Waals surface area contributed by atoms with Crippen molar-refractivity contribution in [1.82, 2.24) is 15.2 Å². The molecule has 0 aliphatic carbocycles. The third kappa shape index (κ3) is 3.24. The summed E-state index contributed by atoms with van der Waals surface area (Å²) in [5.74, 6) is 0.305. The van der Waals surface area contributed by atoms with Crippen LogP contribution in [0.3, 0.4) is 0 Å². The minimum atomic E-state index is -0.507. The molecule has 142 valence electrons. The molecule has 2 heterocycles. The summed E-state index contributed by atoms with van der Waals surface area (Å²) in [5.41, 5.74) is 5.79. The van der Waals surface area contributed by atoms with E-state index in [1.807, 2.05) is 24.4 Å². The van der Waals surface area contributed by atoms with Crippen molar-refractivity contribution >= 4 is 28.9 Å². The summed E-state index contributed by atoms with van der Waals surface area (Å²) in [5, 5.41) is 5.72. The molecule has 0 unspecified atom stereocenters. The van der Waals surface area contributed by atoms with E-state index in [0.717, 1.165) is 22.2 Å². The summed E-state index contributed by atoms with van der Waals surface area (Å²) in [6.45, 7) is 4.90. The third-order valence-electron chi connectivity index (χ3n) is 4.98. The van der Waals surface area contributed by atoms with Gasteiger partial charge in [0.05, 0.1) is 7.11 Å². The minimum absolute atomic E-state index is 0.235.